The fraction of sp³-hybridized carbons (Fsp3) is 0.357. The lowest BCUT2D eigenvalue weighted by Crippen LogP contribution is -2.59. The third kappa shape index (κ3) is 1.61. The molecule has 0 atom stereocenters. The third-order valence-corrected chi connectivity index (χ3v) is 3.83. The van der Waals surface area contributed by atoms with Gasteiger partial charge in [-0.1, -0.05) is 12.1 Å². The van der Waals surface area contributed by atoms with E-state index in [4.69, 9.17) is 0 Å². The Bertz CT molecular complexity index is 620. The van der Waals surface area contributed by atoms with Gasteiger partial charge in [0, 0.05) is 14.1 Å². The highest BCUT2D eigenvalue weighted by molar-refractivity contribution is 6.31. The first-order chi connectivity index (χ1) is 9.47. The van der Waals surface area contributed by atoms with Gasteiger partial charge in [0.25, 0.3) is 5.91 Å². The van der Waals surface area contributed by atoms with Gasteiger partial charge in [0.05, 0.1) is 11.4 Å². The van der Waals surface area contributed by atoms with E-state index in [1.165, 1.54) is 0 Å². The van der Waals surface area contributed by atoms with E-state index in [0.29, 0.717) is 18.5 Å². The van der Waals surface area contributed by atoms with Crippen LogP contribution in [0.2, 0.25) is 0 Å². The maximum atomic E-state index is 12.5. The molecule has 0 aromatic heterocycles. The third-order valence-electron chi connectivity index (χ3n) is 3.83. The van der Waals surface area contributed by atoms with Crippen LogP contribution in [-0.4, -0.2) is 31.9 Å². The van der Waals surface area contributed by atoms with Gasteiger partial charge >= 0.3 is 6.03 Å². The highest BCUT2D eigenvalue weighted by Crippen LogP contribution is 2.50. The Labute approximate surface area is 116 Å². The predicted octanol–water partition coefficient (Wildman–Crippen LogP) is 1.12. The summed E-state index contributed by atoms with van der Waals surface area (Å²) >= 11 is 0. The Hall–Kier alpha value is -2.37. The average molecular weight is 273 g/mol. The molecule has 0 radical (unpaired) electrons. The normalized spacial score (nSPS) is 20.1. The number of carbonyl (C=O) groups excluding carboxylic acids is 3. The molecular weight excluding hydrogens is 258 g/mol. The summed E-state index contributed by atoms with van der Waals surface area (Å²) in [7, 11) is 3.67. The van der Waals surface area contributed by atoms with Crippen molar-refractivity contribution in [2.75, 3.05) is 23.9 Å². The van der Waals surface area contributed by atoms with Crippen molar-refractivity contribution in [2.45, 2.75) is 12.8 Å². The Morgan fingerprint density at radius 3 is 2.40 bits per heavy atom. The van der Waals surface area contributed by atoms with Crippen LogP contribution in [0.4, 0.5) is 16.2 Å². The monoisotopic (exact) mass is 273 g/mol. The minimum Gasteiger partial charge on any atom is -0.376 e. The SMILES string of the molecule is CN(C)c1ccccc1N1C(=O)NC(=O)C2(CC2)C1=O. The van der Waals surface area contributed by atoms with E-state index in [2.05, 4.69) is 5.32 Å². The number of imide groups is 2. The molecule has 0 unspecified atom stereocenters. The average Bonchev–Trinajstić information content (AvgIpc) is 3.19. The van der Waals surface area contributed by atoms with Crippen molar-refractivity contribution in [1.82, 2.24) is 5.32 Å². The lowest BCUT2D eigenvalue weighted by Gasteiger charge is -2.32. The van der Waals surface area contributed by atoms with Crippen molar-refractivity contribution in [2.24, 2.45) is 5.41 Å². The van der Waals surface area contributed by atoms with E-state index >= 15 is 0 Å². The summed E-state index contributed by atoms with van der Waals surface area (Å²) in [4.78, 5) is 39.3. The minimum atomic E-state index is -1.02. The zero-order chi connectivity index (χ0) is 14.5. The highest BCUT2D eigenvalue weighted by atomic mass is 16.2. The molecule has 20 heavy (non-hydrogen) atoms. The Balaban J connectivity index is 2.07. The fourth-order valence-electron chi connectivity index (χ4n) is 2.49. The maximum Gasteiger partial charge on any atom is 0.335 e. The lowest BCUT2D eigenvalue weighted by atomic mass is 10.0. The van der Waals surface area contributed by atoms with Crippen LogP contribution >= 0.6 is 0 Å². The molecule has 1 N–H and O–H groups in total. The van der Waals surface area contributed by atoms with E-state index in [1.807, 2.05) is 31.1 Å². The number of nitrogens with zero attached hydrogens (tertiary/aromatic N) is 2. The maximum absolute atomic E-state index is 12.5. The van der Waals surface area contributed by atoms with Crippen LogP contribution in [0, 0.1) is 5.41 Å². The van der Waals surface area contributed by atoms with Crippen molar-refractivity contribution in [3.63, 3.8) is 0 Å². The second-order valence-corrected chi connectivity index (χ2v) is 5.37. The minimum absolute atomic E-state index is 0.416. The molecule has 1 aromatic rings. The van der Waals surface area contributed by atoms with Crippen LogP contribution in [0.3, 0.4) is 0 Å². The first-order valence-electron chi connectivity index (χ1n) is 6.44. The van der Waals surface area contributed by atoms with E-state index in [-0.39, 0.29) is 0 Å². The van der Waals surface area contributed by atoms with Crippen molar-refractivity contribution in [3.8, 4) is 0 Å². The smallest absolute Gasteiger partial charge is 0.335 e. The second kappa shape index (κ2) is 4.06. The number of hydrogen-bond acceptors (Lipinski definition) is 4. The summed E-state index contributed by atoms with van der Waals surface area (Å²) in [6, 6.07) is 6.46. The van der Waals surface area contributed by atoms with Gasteiger partial charge in [0.1, 0.15) is 5.41 Å². The number of urea groups is 1. The van der Waals surface area contributed by atoms with Gasteiger partial charge in [0.2, 0.25) is 5.91 Å². The van der Waals surface area contributed by atoms with Gasteiger partial charge in [-0.05, 0) is 25.0 Å². The summed E-state index contributed by atoms with van der Waals surface area (Å²) in [5.41, 5.74) is 0.229. The number of carbonyl (C=O) groups is 3. The molecule has 1 saturated carbocycles. The summed E-state index contributed by atoms with van der Waals surface area (Å²) in [5.74, 6) is -0.883. The molecular formula is C14H15N3O3. The number of anilines is 2. The quantitative estimate of drug-likeness (QED) is 0.820. The number of rotatable bonds is 2. The number of amides is 4. The molecule has 2 aliphatic rings. The molecule has 6 nitrogen and oxygen atoms in total. The second-order valence-electron chi connectivity index (χ2n) is 5.37. The molecule has 1 saturated heterocycles. The van der Waals surface area contributed by atoms with E-state index in [0.717, 1.165) is 10.6 Å². The summed E-state index contributed by atoms with van der Waals surface area (Å²) in [5, 5.41) is 2.29. The number of benzene rings is 1. The highest BCUT2D eigenvalue weighted by Gasteiger charge is 2.62. The zero-order valence-corrected chi connectivity index (χ0v) is 11.3. The van der Waals surface area contributed by atoms with Crippen LogP contribution in [-0.2, 0) is 9.59 Å². The number of para-hydroxylation sites is 2. The van der Waals surface area contributed by atoms with Crippen molar-refractivity contribution in [3.05, 3.63) is 24.3 Å². The van der Waals surface area contributed by atoms with Gasteiger partial charge in [-0.3, -0.25) is 14.9 Å². The Morgan fingerprint density at radius 1 is 1.15 bits per heavy atom. The molecule has 1 aromatic carbocycles. The molecule has 0 bridgehead atoms. The van der Waals surface area contributed by atoms with Crippen LogP contribution in [0.1, 0.15) is 12.8 Å². The predicted molar refractivity (Wildman–Crippen MR) is 73.5 cm³/mol. The van der Waals surface area contributed by atoms with Crippen molar-refractivity contribution in [1.29, 1.82) is 0 Å². The summed E-state index contributed by atoms with van der Waals surface area (Å²) < 4.78 is 0. The molecule has 3 rings (SSSR count). The Morgan fingerprint density at radius 2 is 1.80 bits per heavy atom. The van der Waals surface area contributed by atoms with E-state index < -0.39 is 23.3 Å². The van der Waals surface area contributed by atoms with Gasteiger partial charge in [-0.2, -0.15) is 0 Å². The molecule has 1 spiro atoms. The number of nitrogens with one attached hydrogen (secondary N) is 1. The Kier molecular flexibility index (Phi) is 2.57. The fourth-order valence-corrected chi connectivity index (χ4v) is 2.49. The molecule has 4 amide bonds. The number of hydrogen-bond donors (Lipinski definition) is 1. The summed E-state index contributed by atoms with van der Waals surface area (Å²) in [6.45, 7) is 0. The van der Waals surface area contributed by atoms with Gasteiger partial charge in [0.15, 0.2) is 0 Å². The largest absolute Gasteiger partial charge is 0.376 e. The van der Waals surface area contributed by atoms with Gasteiger partial charge < -0.3 is 4.90 Å². The van der Waals surface area contributed by atoms with Crippen molar-refractivity contribution < 1.29 is 14.4 Å². The molecule has 1 heterocycles. The van der Waals surface area contributed by atoms with Gasteiger partial charge in [-0.15, -0.1) is 0 Å². The first kappa shape index (κ1) is 12.7. The van der Waals surface area contributed by atoms with E-state index in [1.54, 1.807) is 12.1 Å². The molecule has 1 aliphatic carbocycles. The lowest BCUT2D eigenvalue weighted by molar-refractivity contribution is -0.136. The molecule has 1 aliphatic heterocycles. The van der Waals surface area contributed by atoms with Crippen LogP contribution in [0.25, 0.3) is 0 Å². The summed E-state index contributed by atoms with van der Waals surface area (Å²) in [6.07, 6.45) is 1.01. The van der Waals surface area contributed by atoms with Gasteiger partial charge in [-0.25, -0.2) is 9.69 Å². The van der Waals surface area contributed by atoms with Crippen LogP contribution in [0.5, 0.6) is 0 Å². The molecule has 2 fully saturated rings. The first-order valence-corrected chi connectivity index (χ1v) is 6.44. The van der Waals surface area contributed by atoms with Crippen LogP contribution in [0.15, 0.2) is 24.3 Å². The standard InChI is InChI=1S/C14H15N3O3/c1-16(2)9-5-3-4-6-10(9)17-12(19)14(7-8-14)11(18)15-13(17)20/h3-6H,7-8H2,1-2H3,(H,15,18,20). The molecule has 6 heteroatoms. The molecule has 104 valence electrons. The topological polar surface area (TPSA) is 69.7 Å². The van der Waals surface area contributed by atoms with Crippen molar-refractivity contribution >= 4 is 29.2 Å². The zero-order valence-electron chi connectivity index (χ0n) is 11.3. The number of barbiturate groups is 1. The van der Waals surface area contributed by atoms with E-state index in [9.17, 15) is 14.4 Å². The van der Waals surface area contributed by atoms with Crippen LogP contribution < -0.4 is 15.1 Å².